The number of aliphatic hydroxyl groups is 4. The van der Waals surface area contributed by atoms with Crippen molar-refractivity contribution in [2.45, 2.75) is 17.2 Å². The number of hydrogen-bond donors (Lipinski definition) is 8. The summed E-state index contributed by atoms with van der Waals surface area (Å²) in [4.78, 5) is 41.1. The van der Waals surface area contributed by atoms with Crippen molar-refractivity contribution in [3.63, 3.8) is 0 Å². The van der Waals surface area contributed by atoms with Crippen molar-refractivity contribution in [3.8, 4) is 0 Å². The summed E-state index contributed by atoms with van der Waals surface area (Å²) in [6.07, 6.45) is 0. The quantitative estimate of drug-likeness (QED) is 0.131. The number of aliphatic carboxylic acids is 1. The van der Waals surface area contributed by atoms with Crippen LogP contribution >= 0.6 is 0 Å². The zero-order valence-corrected chi connectivity index (χ0v) is 9.03. The van der Waals surface area contributed by atoms with Crippen LogP contribution in [0.1, 0.15) is 0 Å². The smallest absolute Gasteiger partial charge is 0.404 e. The first-order valence-corrected chi connectivity index (χ1v) is 4.14. The Morgan fingerprint density at radius 2 is 1.15 bits per heavy atom. The molecule has 0 aromatic rings. The van der Waals surface area contributed by atoms with E-state index in [4.69, 9.17) is 31.1 Å². The summed E-state index contributed by atoms with van der Waals surface area (Å²) in [5.41, 5.74) is -4.68. The molecule has 0 radical (unpaired) electrons. The number of carbonyl (C=O) groups is 3. The van der Waals surface area contributed by atoms with Crippen molar-refractivity contribution in [2.24, 2.45) is 0 Å². The summed E-state index contributed by atoms with van der Waals surface area (Å²) in [5.74, 6) is -17.8. The molecule has 0 amide bonds. The molecule has 0 fully saturated rings. The van der Waals surface area contributed by atoms with E-state index in [1.165, 1.54) is 0 Å². The molecule has 0 aliphatic heterocycles. The summed E-state index contributed by atoms with van der Waals surface area (Å²) in [5, 5.41) is 69.6. The van der Waals surface area contributed by atoms with Crippen LogP contribution in [0.5, 0.6) is 0 Å². The molecular formula is C6H8O14. The second-order valence-electron chi connectivity index (χ2n) is 3.18. The van der Waals surface area contributed by atoms with Gasteiger partial charge < -0.3 is 25.5 Å². The average Bonchev–Trinajstić information content (AvgIpc) is 2.37. The maximum atomic E-state index is 11.1. The van der Waals surface area contributed by atoms with E-state index in [9.17, 15) is 24.6 Å². The molecule has 0 aromatic carbocycles. The van der Waals surface area contributed by atoms with Crippen LogP contribution in [0.4, 0.5) is 0 Å². The zero-order valence-electron chi connectivity index (χ0n) is 9.03. The molecule has 0 saturated heterocycles. The van der Waals surface area contributed by atoms with Crippen LogP contribution in [0.3, 0.4) is 0 Å². The third kappa shape index (κ3) is 2.17. The Balaban J connectivity index is 6.43. The largest absolute Gasteiger partial charge is 0.477 e. The van der Waals surface area contributed by atoms with Crippen molar-refractivity contribution in [1.82, 2.24) is 0 Å². The van der Waals surface area contributed by atoms with Gasteiger partial charge in [-0.15, -0.1) is 0 Å². The van der Waals surface area contributed by atoms with Gasteiger partial charge in [0.25, 0.3) is 0 Å². The van der Waals surface area contributed by atoms with Gasteiger partial charge in [0.05, 0.1) is 0 Å². The van der Waals surface area contributed by atoms with Crippen molar-refractivity contribution in [2.75, 3.05) is 0 Å². The Morgan fingerprint density at radius 1 is 0.750 bits per heavy atom. The molecule has 8 N–H and O–H groups in total. The van der Waals surface area contributed by atoms with Crippen LogP contribution in [-0.2, 0) is 29.0 Å². The number of carboxylic acids is 1. The van der Waals surface area contributed by atoms with Gasteiger partial charge in [0, 0.05) is 0 Å². The van der Waals surface area contributed by atoms with Crippen molar-refractivity contribution >= 4 is 17.9 Å². The zero-order chi connectivity index (χ0) is 16.4. The van der Waals surface area contributed by atoms with Gasteiger partial charge in [-0.05, 0) is 0 Å². The van der Waals surface area contributed by atoms with Crippen LogP contribution < -0.4 is 0 Å². The maximum Gasteiger partial charge on any atom is 0.404 e. The predicted octanol–water partition coefficient (Wildman–Crippen LogP) is -4.31. The average molecular weight is 304 g/mol. The standard InChI is InChI=1S/C6H8O14/c7-1(8)5(11,12)4(20-17,2(9)18-15)6(13,14)3(10)19-16/h11-17H,(H,7,8)/t4-/m0/s1. The number of rotatable bonds is 6. The van der Waals surface area contributed by atoms with Crippen LogP contribution in [0.2, 0.25) is 0 Å². The van der Waals surface area contributed by atoms with E-state index in [-0.39, 0.29) is 0 Å². The summed E-state index contributed by atoms with van der Waals surface area (Å²) >= 11 is 0. The van der Waals surface area contributed by atoms with E-state index in [1.54, 1.807) is 0 Å². The highest BCUT2D eigenvalue weighted by atomic mass is 17.2. The van der Waals surface area contributed by atoms with Gasteiger partial charge in [-0.2, -0.15) is 10.5 Å². The Labute approximate surface area is 107 Å². The number of carbonyl (C=O) groups excluding carboxylic acids is 2. The lowest BCUT2D eigenvalue weighted by Gasteiger charge is -2.39. The minimum Gasteiger partial charge on any atom is -0.477 e. The van der Waals surface area contributed by atoms with Gasteiger partial charge in [0.2, 0.25) is 0 Å². The van der Waals surface area contributed by atoms with E-state index in [2.05, 4.69) is 14.7 Å². The molecule has 0 aliphatic carbocycles. The normalized spacial score (nSPS) is 15.2. The first-order valence-electron chi connectivity index (χ1n) is 4.14. The Hall–Kier alpha value is -1.91. The van der Waals surface area contributed by atoms with Gasteiger partial charge in [-0.3, -0.25) is 15.0 Å². The minimum atomic E-state index is -4.75. The third-order valence-electron chi connectivity index (χ3n) is 2.15. The molecule has 116 valence electrons. The molecule has 0 heterocycles. The van der Waals surface area contributed by atoms with Gasteiger partial charge in [0.1, 0.15) is 0 Å². The van der Waals surface area contributed by atoms with E-state index in [0.717, 1.165) is 0 Å². The fourth-order valence-electron chi connectivity index (χ4n) is 1.11. The molecule has 1 atom stereocenters. The lowest BCUT2D eigenvalue weighted by Crippen LogP contribution is -2.78. The lowest BCUT2D eigenvalue weighted by molar-refractivity contribution is -0.451. The van der Waals surface area contributed by atoms with Crippen LogP contribution in [0.15, 0.2) is 0 Å². The Kier molecular flexibility index (Phi) is 5.07. The summed E-state index contributed by atoms with van der Waals surface area (Å²) in [7, 11) is 0. The van der Waals surface area contributed by atoms with Gasteiger partial charge in [0.15, 0.2) is 0 Å². The molecule has 0 spiro atoms. The lowest BCUT2D eigenvalue weighted by atomic mass is 9.83. The topological polar surface area (TPSA) is 241 Å². The SMILES string of the molecule is O=C(O)C(O)(O)[C@@](OO)(C(=O)OO)C(O)(O)C(=O)OO. The molecule has 20 heavy (non-hydrogen) atoms. The monoisotopic (exact) mass is 304 g/mol. The Bertz CT molecular complexity index is 410. The van der Waals surface area contributed by atoms with Crippen molar-refractivity contribution in [1.29, 1.82) is 0 Å². The number of carboxylic acid groups (broad SMARTS) is 1. The number of hydrogen-bond acceptors (Lipinski definition) is 13. The fraction of sp³-hybridized carbons (Fsp3) is 0.500. The highest BCUT2D eigenvalue weighted by molar-refractivity contribution is 5.97. The maximum absolute atomic E-state index is 11.1. The second-order valence-corrected chi connectivity index (χ2v) is 3.18. The van der Waals surface area contributed by atoms with Gasteiger partial charge in [-0.25, -0.2) is 19.3 Å². The van der Waals surface area contributed by atoms with E-state index < -0.39 is 35.1 Å². The molecule has 14 heteroatoms. The van der Waals surface area contributed by atoms with E-state index >= 15 is 0 Å². The molecule has 0 rings (SSSR count). The molecule has 0 saturated carbocycles. The molecule has 14 nitrogen and oxygen atoms in total. The minimum absolute atomic E-state index is 2.70. The van der Waals surface area contributed by atoms with E-state index in [0.29, 0.717) is 0 Å². The van der Waals surface area contributed by atoms with Gasteiger partial charge >= 0.3 is 35.1 Å². The highest BCUT2D eigenvalue weighted by Crippen LogP contribution is 2.36. The summed E-state index contributed by atoms with van der Waals surface area (Å²) < 4.78 is 0. The van der Waals surface area contributed by atoms with Gasteiger partial charge in [-0.1, -0.05) is 0 Å². The summed E-state index contributed by atoms with van der Waals surface area (Å²) in [6.45, 7) is 0. The van der Waals surface area contributed by atoms with Crippen molar-refractivity contribution < 1.29 is 70.4 Å². The molecule has 0 aromatic heterocycles. The Morgan fingerprint density at radius 3 is 1.40 bits per heavy atom. The first-order chi connectivity index (χ1) is 8.97. The van der Waals surface area contributed by atoms with Crippen LogP contribution in [0, 0.1) is 0 Å². The van der Waals surface area contributed by atoms with Crippen LogP contribution in [0.25, 0.3) is 0 Å². The van der Waals surface area contributed by atoms with Crippen LogP contribution in [-0.4, -0.2) is 76.4 Å². The molecular weight excluding hydrogens is 296 g/mol. The third-order valence-corrected chi connectivity index (χ3v) is 2.15. The fourth-order valence-corrected chi connectivity index (χ4v) is 1.11. The van der Waals surface area contributed by atoms with Crippen molar-refractivity contribution in [3.05, 3.63) is 0 Å². The molecule has 0 bridgehead atoms. The highest BCUT2D eigenvalue weighted by Gasteiger charge is 2.79. The van der Waals surface area contributed by atoms with E-state index in [1.807, 2.05) is 0 Å². The summed E-state index contributed by atoms with van der Waals surface area (Å²) in [6, 6.07) is 0. The molecule has 0 aliphatic rings. The second kappa shape index (κ2) is 5.61. The molecule has 0 unspecified atom stereocenters. The first kappa shape index (κ1) is 18.1. The predicted molar refractivity (Wildman–Crippen MR) is 45.9 cm³/mol.